The molecule has 3 aromatic carbocycles. The van der Waals surface area contributed by atoms with Gasteiger partial charge >= 0.3 is 5.97 Å². The van der Waals surface area contributed by atoms with Crippen LogP contribution in [-0.4, -0.2) is 40.4 Å². The predicted molar refractivity (Wildman–Crippen MR) is 121 cm³/mol. The van der Waals surface area contributed by atoms with Crippen molar-refractivity contribution in [3.8, 4) is 5.75 Å². The van der Waals surface area contributed by atoms with E-state index in [9.17, 15) is 19.5 Å². The molecule has 0 saturated carbocycles. The molecule has 168 valence electrons. The van der Waals surface area contributed by atoms with E-state index in [2.05, 4.69) is 5.32 Å². The van der Waals surface area contributed by atoms with E-state index in [0.29, 0.717) is 5.56 Å². The number of carbonyl (C=O) groups excluding carboxylic acids is 3. The van der Waals surface area contributed by atoms with Crippen molar-refractivity contribution in [1.29, 1.82) is 0 Å². The summed E-state index contributed by atoms with van der Waals surface area (Å²) in [6, 6.07) is 22.9. The van der Waals surface area contributed by atoms with Gasteiger partial charge in [-0.2, -0.15) is 0 Å². The van der Waals surface area contributed by atoms with Gasteiger partial charge in [-0.25, -0.2) is 4.79 Å². The first-order chi connectivity index (χ1) is 16.0. The first-order valence-corrected chi connectivity index (χ1v) is 10.6. The smallest absolute Gasteiger partial charge is 0.333 e. The van der Waals surface area contributed by atoms with Gasteiger partial charge in [0.15, 0.2) is 6.04 Å². The molecule has 7 nitrogen and oxygen atoms in total. The molecule has 2 unspecified atom stereocenters. The lowest BCUT2D eigenvalue weighted by Gasteiger charge is -2.42. The van der Waals surface area contributed by atoms with Gasteiger partial charge < -0.3 is 20.1 Å². The largest absolute Gasteiger partial charge is 0.508 e. The molecule has 2 atom stereocenters. The van der Waals surface area contributed by atoms with Crippen LogP contribution in [0.15, 0.2) is 84.9 Å². The minimum Gasteiger partial charge on any atom is -0.508 e. The van der Waals surface area contributed by atoms with Gasteiger partial charge in [-0.1, -0.05) is 72.8 Å². The van der Waals surface area contributed by atoms with E-state index in [-0.39, 0.29) is 37.1 Å². The number of phenolic OH excluding ortho intramolecular Hbond substituents is 1. The first-order valence-electron chi connectivity index (χ1n) is 10.6. The van der Waals surface area contributed by atoms with Gasteiger partial charge in [-0.3, -0.25) is 9.59 Å². The Morgan fingerprint density at radius 2 is 1.55 bits per heavy atom. The summed E-state index contributed by atoms with van der Waals surface area (Å²) >= 11 is 0. The molecule has 0 bridgehead atoms. The first kappa shape index (κ1) is 22.1. The molecular weight excluding hydrogens is 420 g/mol. The third-order valence-electron chi connectivity index (χ3n) is 5.47. The van der Waals surface area contributed by atoms with Crippen LogP contribution >= 0.6 is 0 Å². The molecule has 0 spiro atoms. The van der Waals surface area contributed by atoms with Crippen LogP contribution in [0.1, 0.15) is 22.7 Å². The highest BCUT2D eigenvalue weighted by Crippen LogP contribution is 2.30. The monoisotopic (exact) mass is 444 g/mol. The molecule has 0 aromatic heterocycles. The molecule has 1 aliphatic rings. The van der Waals surface area contributed by atoms with Gasteiger partial charge in [-0.05, 0) is 28.8 Å². The van der Waals surface area contributed by atoms with Crippen LogP contribution in [0.5, 0.6) is 5.75 Å². The highest BCUT2D eigenvalue weighted by Gasteiger charge is 2.45. The number of hydrogen-bond acceptors (Lipinski definition) is 5. The van der Waals surface area contributed by atoms with Crippen molar-refractivity contribution in [2.24, 2.45) is 0 Å². The van der Waals surface area contributed by atoms with Crippen molar-refractivity contribution >= 4 is 17.8 Å². The van der Waals surface area contributed by atoms with Crippen molar-refractivity contribution < 1.29 is 24.2 Å². The zero-order valence-corrected chi connectivity index (χ0v) is 17.9. The molecule has 3 aromatic rings. The zero-order chi connectivity index (χ0) is 23.2. The lowest BCUT2D eigenvalue weighted by Crippen LogP contribution is -2.65. The van der Waals surface area contributed by atoms with Crippen LogP contribution in [0, 0.1) is 0 Å². The Morgan fingerprint density at radius 3 is 2.15 bits per heavy atom. The molecule has 1 aliphatic heterocycles. The van der Waals surface area contributed by atoms with Crippen molar-refractivity contribution in [1.82, 2.24) is 10.2 Å². The van der Waals surface area contributed by atoms with Gasteiger partial charge in [-0.15, -0.1) is 0 Å². The number of likely N-dealkylation sites (tertiary alicyclic amines) is 1. The summed E-state index contributed by atoms with van der Waals surface area (Å²) in [5.41, 5.74) is 2.20. The molecule has 7 heteroatoms. The molecule has 1 fully saturated rings. The molecule has 1 saturated heterocycles. The molecule has 1 heterocycles. The maximum absolute atomic E-state index is 13.0. The fourth-order valence-electron chi connectivity index (χ4n) is 3.73. The molecule has 0 aliphatic carbocycles. The number of amides is 2. The van der Waals surface area contributed by atoms with E-state index < -0.39 is 18.1 Å². The lowest BCUT2D eigenvalue weighted by atomic mass is 9.97. The Kier molecular flexibility index (Phi) is 6.69. The van der Waals surface area contributed by atoms with E-state index in [1.165, 1.54) is 17.0 Å². The summed E-state index contributed by atoms with van der Waals surface area (Å²) in [7, 11) is 0. The van der Waals surface area contributed by atoms with E-state index in [0.717, 1.165) is 11.1 Å². The minimum absolute atomic E-state index is 0.0520. The van der Waals surface area contributed by atoms with Crippen LogP contribution in [0.4, 0.5) is 0 Å². The molecule has 33 heavy (non-hydrogen) atoms. The fraction of sp³-hybridized carbons (Fsp3) is 0.192. The Morgan fingerprint density at radius 1 is 0.939 bits per heavy atom. The van der Waals surface area contributed by atoms with Gasteiger partial charge in [0, 0.05) is 0 Å². The molecule has 2 N–H and O–H groups in total. The summed E-state index contributed by atoms with van der Waals surface area (Å²) in [6.07, 6.45) is 0.172. The van der Waals surface area contributed by atoms with Crippen LogP contribution in [0.25, 0.3) is 0 Å². The quantitative estimate of drug-likeness (QED) is 0.412. The van der Waals surface area contributed by atoms with E-state index in [1.807, 2.05) is 60.7 Å². The summed E-state index contributed by atoms with van der Waals surface area (Å²) in [4.78, 5) is 39.6. The zero-order valence-electron chi connectivity index (χ0n) is 17.9. The number of esters is 1. The Hall–Kier alpha value is -4.13. The van der Waals surface area contributed by atoms with Crippen LogP contribution in [0.2, 0.25) is 0 Å². The van der Waals surface area contributed by atoms with Gasteiger partial charge in [0.05, 0.1) is 13.0 Å². The van der Waals surface area contributed by atoms with E-state index >= 15 is 0 Å². The average molecular weight is 444 g/mol. The third kappa shape index (κ3) is 5.38. The molecular formula is C26H24N2O5. The van der Waals surface area contributed by atoms with Crippen LogP contribution in [-0.2, 0) is 32.1 Å². The molecule has 2 amide bonds. The van der Waals surface area contributed by atoms with Crippen LogP contribution < -0.4 is 5.32 Å². The maximum Gasteiger partial charge on any atom is 0.333 e. The highest BCUT2D eigenvalue weighted by molar-refractivity contribution is 5.96. The standard InChI is InChI=1S/C26H24N2O5/c29-21-13-11-20(12-14-21)24(26(32)33-17-19-9-5-2-6-10-19)28-16-22(25(28)31)27-23(30)15-18-7-3-1-4-8-18/h1-14,22,24,29H,15-17H2,(H,27,30). The summed E-state index contributed by atoms with van der Waals surface area (Å²) in [5.74, 6) is -1.14. The van der Waals surface area contributed by atoms with E-state index in [1.54, 1.807) is 12.1 Å². The van der Waals surface area contributed by atoms with Crippen molar-refractivity contribution in [2.45, 2.75) is 25.1 Å². The SMILES string of the molecule is O=C(Cc1ccccc1)NC1CN(C(C(=O)OCc2ccccc2)c2ccc(O)cc2)C1=O. The summed E-state index contributed by atoms with van der Waals surface area (Å²) in [5, 5.41) is 12.3. The number of hydrogen-bond donors (Lipinski definition) is 2. The fourth-order valence-corrected chi connectivity index (χ4v) is 3.73. The summed E-state index contributed by atoms with van der Waals surface area (Å²) < 4.78 is 5.49. The number of nitrogens with zero attached hydrogens (tertiary/aromatic N) is 1. The van der Waals surface area contributed by atoms with E-state index in [4.69, 9.17) is 4.74 Å². The van der Waals surface area contributed by atoms with Crippen molar-refractivity contribution in [3.05, 3.63) is 102 Å². The second-order valence-corrected chi connectivity index (χ2v) is 7.86. The number of phenols is 1. The third-order valence-corrected chi connectivity index (χ3v) is 5.47. The van der Waals surface area contributed by atoms with Crippen molar-refractivity contribution in [3.63, 3.8) is 0 Å². The summed E-state index contributed by atoms with van der Waals surface area (Å²) in [6.45, 7) is 0.263. The Bertz CT molecular complexity index is 1120. The predicted octanol–water partition coefficient (Wildman–Crippen LogP) is 2.75. The normalized spacial score (nSPS) is 15.9. The number of benzene rings is 3. The number of carbonyl (C=O) groups is 3. The average Bonchev–Trinajstić information content (AvgIpc) is 2.84. The Labute approximate surface area is 191 Å². The molecule has 0 radical (unpaired) electrons. The van der Waals surface area contributed by atoms with Gasteiger partial charge in [0.25, 0.3) is 0 Å². The minimum atomic E-state index is -0.968. The van der Waals surface area contributed by atoms with Gasteiger partial charge in [0.2, 0.25) is 11.8 Å². The van der Waals surface area contributed by atoms with Crippen molar-refractivity contribution in [2.75, 3.05) is 6.54 Å². The molecule has 4 rings (SSSR count). The number of aromatic hydroxyl groups is 1. The number of rotatable bonds is 8. The number of nitrogens with one attached hydrogen (secondary N) is 1. The topological polar surface area (TPSA) is 95.9 Å². The second kappa shape index (κ2) is 9.99. The van der Waals surface area contributed by atoms with Crippen LogP contribution in [0.3, 0.4) is 0 Å². The maximum atomic E-state index is 13.0. The Balaban J connectivity index is 1.42. The highest BCUT2D eigenvalue weighted by atomic mass is 16.5. The second-order valence-electron chi connectivity index (χ2n) is 7.86. The van der Waals surface area contributed by atoms with Gasteiger partial charge in [0.1, 0.15) is 18.4 Å². The lowest BCUT2D eigenvalue weighted by molar-refractivity contribution is -0.164. The number of β-lactam (4-membered cyclic amide) rings is 1. The number of ether oxygens (including phenoxy) is 1.